The van der Waals surface area contributed by atoms with Gasteiger partial charge in [0.1, 0.15) is 12.6 Å². The molecule has 1 unspecified atom stereocenters. The van der Waals surface area contributed by atoms with Crippen LogP contribution in [0, 0.1) is 0 Å². The zero-order chi connectivity index (χ0) is 25.0. The van der Waals surface area contributed by atoms with Gasteiger partial charge in [-0.1, -0.05) is 68.3 Å². The summed E-state index contributed by atoms with van der Waals surface area (Å²) in [6.45, 7) is 2.32. The van der Waals surface area contributed by atoms with Gasteiger partial charge in [-0.15, -0.1) is 0 Å². The van der Waals surface area contributed by atoms with E-state index in [2.05, 4.69) is 17.4 Å². The van der Waals surface area contributed by atoms with E-state index in [1.54, 1.807) is 0 Å². The molecule has 1 aliphatic carbocycles. The molecule has 0 spiro atoms. The van der Waals surface area contributed by atoms with Crippen LogP contribution in [0.3, 0.4) is 0 Å². The molecule has 0 radical (unpaired) electrons. The van der Waals surface area contributed by atoms with E-state index < -0.39 is 29.6 Å². The summed E-state index contributed by atoms with van der Waals surface area (Å²) in [7, 11) is 1.46. The first kappa shape index (κ1) is 24.7. The molecule has 186 valence electrons. The molecule has 2 aliphatic rings. The molecule has 8 heteroatoms. The predicted molar refractivity (Wildman–Crippen MR) is 130 cm³/mol. The molecule has 1 aliphatic heterocycles. The maximum Gasteiger partial charge on any atom is 0.407 e. The van der Waals surface area contributed by atoms with Crippen molar-refractivity contribution in [2.24, 2.45) is 0 Å². The van der Waals surface area contributed by atoms with Crippen LogP contribution in [0.2, 0.25) is 0 Å². The number of nitrogens with one attached hydrogen (secondary N) is 1. The van der Waals surface area contributed by atoms with Gasteiger partial charge in [-0.3, -0.25) is 4.79 Å². The molecule has 1 saturated heterocycles. The number of hydrogen-bond donors (Lipinski definition) is 2. The quantitative estimate of drug-likeness (QED) is 0.566. The van der Waals surface area contributed by atoms with E-state index in [9.17, 15) is 19.5 Å². The van der Waals surface area contributed by atoms with Gasteiger partial charge in [0.2, 0.25) is 5.91 Å². The van der Waals surface area contributed by atoms with Gasteiger partial charge in [0.25, 0.3) is 0 Å². The Labute approximate surface area is 205 Å². The van der Waals surface area contributed by atoms with Crippen LogP contribution in [0.15, 0.2) is 48.5 Å². The summed E-state index contributed by atoms with van der Waals surface area (Å²) in [6.07, 6.45) is 1.43. The van der Waals surface area contributed by atoms with E-state index in [1.165, 1.54) is 11.9 Å². The highest BCUT2D eigenvalue weighted by Crippen LogP contribution is 2.44. The first-order valence-corrected chi connectivity index (χ1v) is 12.1. The maximum atomic E-state index is 13.3. The van der Waals surface area contributed by atoms with Gasteiger partial charge >= 0.3 is 12.1 Å². The van der Waals surface area contributed by atoms with E-state index >= 15 is 0 Å². The lowest BCUT2D eigenvalue weighted by Crippen LogP contribution is -2.60. The zero-order valence-electron chi connectivity index (χ0n) is 20.2. The Kier molecular flexibility index (Phi) is 7.40. The van der Waals surface area contributed by atoms with Gasteiger partial charge in [0.15, 0.2) is 5.54 Å². The van der Waals surface area contributed by atoms with Crippen LogP contribution in [0.5, 0.6) is 0 Å². The normalized spacial score (nSPS) is 19.5. The number of nitrogens with zero attached hydrogens (tertiary/aromatic N) is 1. The molecule has 2 atom stereocenters. The number of rotatable bonds is 9. The van der Waals surface area contributed by atoms with Gasteiger partial charge in [0, 0.05) is 26.0 Å². The third kappa shape index (κ3) is 4.75. The average molecular weight is 481 g/mol. The minimum atomic E-state index is -1.43. The summed E-state index contributed by atoms with van der Waals surface area (Å²) in [5, 5.41) is 12.5. The van der Waals surface area contributed by atoms with E-state index in [0.717, 1.165) is 28.7 Å². The van der Waals surface area contributed by atoms with Crippen molar-refractivity contribution in [2.45, 2.75) is 50.1 Å². The van der Waals surface area contributed by atoms with Crippen LogP contribution >= 0.6 is 0 Å². The Morgan fingerprint density at radius 1 is 1.14 bits per heavy atom. The Balaban J connectivity index is 1.45. The summed E-state index contributed by atoms with van der Waals surface area (Å²) >= 11 is 0. The fraction of sp³-hybridized carbons (Fsp3) is 0.444. The molecule has 0 aromatic heterocycles. The lowest BCUT2D eigenvalue weighted by molar-refractivity contribution is -0.158. The molecular weight excluding hydrogens is 448 g/mol. The summed E-state index contributed by atoms with van der Waals surface area (Å²) in [6, 6.07) is 15.3. The van der Waals surface area contributed by atoms with E-state index in [0.29, 0.717) is 12.8 Å². The van der Waals surface area contributed by atoms with Crippen LogP contribution < -0.4 is 5.32 Å². The van der Waals surface area contributed by atoms with Crippen LogP contribution in [0.4, 0.5) is 4.79 Å². The number of hydrogen-bond acceptors (Lipinski definition) is 5. The molecule has 4 rings (SSSR count). The van der Waals surface area contributed by atoms with Crippen molar-refractivity contribution < 1.29 is 29.0 Å². The van der Waals surface area contributed by atoms with Gasteiger partial charge in [-0.25, -0.2) is 9.59 Å². The first-order valence-electron chi connectivity index (χ1n) is 12.1. The lowest BCUT2D eigenvalue weighted by atomic mass is 9.95. The number of carbonyl (C=O) groups is 3. The Hall–Kier alpha value is -3.39. The summed E-state index contributed by atoms with van der Waals surface area (Å²) in [4.78, 5) is 39.3. The summed E-state index contributed by atoms with van der Waals surface area (Å²) in [5.74, 6) is -1.66. The van der Waals surface area contributed by atoms with Crippen molar-refractivity contribution in [3.63, 3.8) is 0 Å². The molecule has 2 aromatic carbocycles. The highest BCUT2D eigenvalue weighted by Gasteiger charge is 2.49. The number of carboxylic acids is 1. The van der Waals surface area contributed by atoms with Gasteiger partial charge in [0.05, 0.1) is 6.61 Å². The van der Waals surface area contributed by atoms with Crippen LogP contribution in [0.1, 0.15) is 49.7 Å². The smallest absolute Gasteiger partial charge is 0.407 e. The number of unbranched alkanes of at least 4 members (excludes halogenated alkanes) is 1. The van der Waals surface area contributed by atoms with E-state index in [4.69, 9.17) is 9.47 Å². The SMILES string of the molecule is CCCC[C@H](NC(=O)OCC1c2ccccc2-c2ccccc21)C(=O)N(C)C1(C(=O)O)CCOC1. The highest BCUT2D eigenvalue weighted by atomic mass is 16.5. The third-order valence-electron chi connectivity index (χ3n) is 7.15. The lowest BCUT2D eigenvalue weighted by Gasteiger charge is -2.35. The molecule has 8 nitrogen and oxygen atoms in total. The number of carbonyl (C=O) groups excluding carboxylic acids is 2. The van der Waals surface area contributed by atoms with E-state index in [1.807, 2.05) is 43.3 Å². The Morgan fingerprint density at radius 3 is 2.31 bits per heavy atom. The van der Waals surface area contributed by atoms with Crippen molar-refractivity contribution in [3.05, 3.63) is 59.7 Å². The Morgan fingerprint density at radius 2 is 1.77 bits per heavy atom. The fourth-order valence-corrected chi connectivity index (χ4v) is 5.02. The Bertz CT molecular complexity index is 1050. The summed E-state index contributed by atoms with van der Waals surface area (Å²) < 4.78 is 10.9. The van der Waals surface area contributed by atoms with Gasteiger partial charge in [-0.2, -0.15) is 0 Å². The van der Waals surface area contributed by atoms with Crippen molar-refractivity contribution >= 4 is 18.0 Å². The van der Waals surface area contributed by atoms with Crippen LogP contribution in [0.25, 0.3) is 11.1 Å². The number of benzene rings is 2. The minimum absolute atomic E-state index is 0.0734. The molecule has 2 amide bonds. The first-order chi connectivity index (χ1) is 16.9. The van der Waals surface area contributed by atoms with Crippen molar-refractivity contribution in [3.8, 4) is 11.1 Å². The predicted octanol–water partition coefficient (Wildman–Crippen LogP) is 3.79. The number of ether oxygens (including phenoxy) is 2. The second kappa shape index (κ2) is 10.5. The van der Waals surface area contributed by atoms with E-state index in [-0.39, 0.29) is 32.2 Å². The third-order valence-corrected chi connectivity index (χ3v) is 7.15. The second-order valence-corrected chi connectivity index (χ2v) is 9.20. The van der Waals surface area contributed by atoms with Crippen molar-refractivity contribution in [1.82, 2.24) is 10.2 Å². The van der Waals surface area contributed by atoms with Crippen molar-refractivity contribution in [1.29, 1.82) is 0 Å². The second-order valence-electron chi connectivity index (χ2n) is 9.20. The number of alkyl carbamates (subject to hydrolysis) is 1. The zero-order valence-corrected chi connectivity index (χ0v) is 20.2. The number of likely N-dealkylation sites (N-methyl/N-ethyl adjacent to an activating group) is 1. The van der Waals surface area contributed by atoms with Gasteiger partial charge in [-0.05, 0) is 28.7 Å². The monoisotopic (exact) mass is 480 g/mol. The topological polar surface area (TPSA) is 105 Å². The highest BCUT2D eigenvalue weighted by molar-refractivity contribution is 5.91. The molecule has 2 N–H and O–H groups in total. The van der Waals surface area contributed by atoms with Gasteiger partial charge < -0.3 is 24.8 Å². The maximum absolute atomic E-state index is 13.3. The number of aliphatic carboxylic acids is 1. The molecule has 0 bridgehead atoms. The average Bonchev–Trinajstić information content (AvgIpc) is 3.49. The number of amides is 2. The summed E-state index contributed by atoms with van der Waals surface area (Å²) in [5.41, 5.74) is 3.04. The molecule has 0 saturated carbocycles. The standard InChI is InChI=1S/C27H32N2O6/c1-3-4-13-23(24(30)29(2)27(25(31)32)14-15-34-17-27)28-26(33)35-16-22-20-11-7-5-9-18(20)19-10-6-8-12-21(19)22/h5-12,22-23H,3-4,13-17H2,1-2H3,(H,28,33)(H,31,32)/t23-,27?/m0/s1. The molecule has 1 fully saturated rings. The molecule has 2 aromatic rings. The largest absolute Gasteiger partial charge is 0.479 e. The van der Waals surface area contributed by atoms with Crippen LogP contribution in [-0.2, 0) is 19.1 Å². The molecular formula is C27H32N2O6. The number of fused-ring (bicyclic) bond motifs is 3. The fourth-order valence-electron chi connectivity index (χ4n) is 5.02. The van der Waals surface area contributed by atoms with Crippen LogP contribution in [-0.4, -0.2) is 66.4 Å². The minimum Gasteiger partial charge on any atom is -0.479 e. The van der Waals surface area contributed by atoms with Crippen molar-refractivity contribution in [2.75, 3.05) is 26.9 Å². The number of carboxylic acid groups (broad SMARTS) is 1. The molecule has 35 heavy (non-hydrogen) atoms. The molecule has 1 heterocycles.